The molecule has 5 nitrogen and oxygen atoms in total. The van der Waals surface area contributed by atoms with Crippen LogP contribution in [0.25, 0.3) is 0 Å². The van der Waals surface area contributed by atoms with Gasteiger partial charge in [-0.3, -0.25) is 4.79 Å². The lowest BCUT2D eigenvalue weighted by Gasteiger charge is -2.05. The average molecular weight is 230 g/mol. The quantitative estimate of drug-likeness (QED) is 0.534. The maximum absolute atomic E-state index is 11.6. The molecular weight excluding hydrogens is 216 g/mol. The molecule has 1 aliphatic heterocycles. The van der Waals surface area contributed by atoms with Crippen molar-refractivity contribution in [1.82, 2.24) is 5.43 Å². The van der Waals surface area contributed by atoms with Crippen LogP contribution in [0.5, 0.6) is 0 Å². The summed E-state index contributed by atoms with van der Waals surface area (Å²) in [6, 6.07) is 7.15. The van der Waals surface area contributed by atoms with E-state index in [1.54, 1.807) is 24.4 Å². The van der Waals surface area contributed by atoms with Gasteiger partial charge in [0.25, 0.3) is 0 Å². The third-order valence-corrected chi connectivity index (χ3v) is 2.40. The average Bonchev–Trinajstić information content (AvgIpc) is 2.82. The Bertz CT molecular complexity index is 467. The maximum Gasteiger partial charge on any atom is 0.248 e. The number of para-hydroxylation sites is 2. The van der Waals surface area contributed by atoms with Gasteiger partial charge in [0, 0.05) is 18.7 Å². The lowest BCUT2D eigenvalue weighted by molar-refractivity contribution is -0.111. The molecular formula is C12H14N4O. The number of anilines is 2. The number of nitrogens with two attached hydrogens (primary N) is 1. The summed E-state index contributed by atoms with van der Waals surface area (Å²) in [5.74, 6) is -0.0166. The van der Waals surface area contributed by atoms with Gasteiger partial charge in [-0.25, -0.2) is 0 Å². The van der Waals surface area contributed by atoms with Crippen molar-refractivity contribution < 1.29 is 4.79 Å². The first-order valence-corrected chi connectivity index (χ1v) is 5.35. The molecule has 1 aromatic rings. The summed E-state index contributed by atoms with van der Waals surface area (Å²) in [5.41, 5.74) is 9.72. The van der Waals surface area contributed by atoms with E-state index in [0.717, 1.165) is 6.54 Å². The lowest BCUT2D eigenvalue weighted by Crippen LogP contribution is -2.12. The van der Waals surface area contributed by atoms with Crippen LogP contribution in [0.15, 0.2) is 41.5 Å². The molecule has 0 bridgehead atoms. The van der Waals surface area contributed by atoms with Crippen molar-refractivity contribution in [3.63, 3.8) is 0 Å². The Labute approximate surface area is 99.4 Å². The second-order valence-electron chi connectivity index (χ2n) is 3.74. The van der Waals surface area contributed by atoms with Gasteiger partial charge in [-0.1, -0.05) is 18.2 Å². The van der Waals surface area contributed by atoms with E-state index in [9.17, 15) is 4.79 Å². The number of nitrogen functional groups attached to an aromatic ring is 1. The summed E-state index contributed by atoms with van der Waals surface area (Å²) in [6.07, 6.45) is 5.06. The van der Waals surface area contributed by atoms with Crippen LogP contribution in [0.1, 0.15) is 0 Å². The van der Waals surface area contributed by atoms with Gasteiger partial charge in [-0.2, -0.15) is 5.10 Å². The topological polar surface area (TPSA) is 79.5 Å². The second-order valence-corrected chi connectivity index (χ2v) is 3.74. The zero-order chi connectivity index (χ0) is 12.1. The number of rotatable bonds is 3. The maximum atomic E-state index is 11.6. The molecule has 1 unspecified atom stereocenters. The summed E-state index contributed by atoms with van der Waals surface area (Å²) in [5, 5.41) is 6.58. The molecule has 1 amide bonds. The number of hydrogen-bond acceptors (Lipinski definition) is 4. The minimum absolute atomic E-state index is 0.175. The van der Waals surface area contributed by atoms with Crippen LogP contribution in [-0.4, -0.2) is 18.7 Å². The fraction of sp³-hybridized carbons (Fsp3) is 0.167. The Morgan fingerprint density at radius 2 is 2.35 bits per heavy atom. The van der Waals surface area contributed by atoms with E-state index in [1.807, 2.05) is 12.1 Å². The highest BCUT2D eigenvalue weighted by atomic mass is 16.1. The molecule has 5 heteroatoms. The highest BCUT2D eigenvalue weighted by Gasteiger charge is 2.06. The molecule has 0 saturated heterocycles. The molecule has 1 heterocycles. The van der Waals surface area contributed by atoms with E-state index in [1.165, 1.54) is 6.08 Å². The van der Waals surface area contributed by atoms with Gasteiger partial charge in [0.15, 0.2) is 0 Å². The SMILES string of the molecule is Nc1ccccc1NC(=O)/C=C/C1C=NNC1. The Morgan fingerprint density at radius 1 is 1.53 bits per heavy atom. The standard InChI is InChI=1S/C12H14N4O/c13-10-3-1-2-4-11(10)16-12(17)6-5-9-7-14-15-8-9/h1-7,9,15H,8,13H2,(H,16,17)/b6-5+. The van der Waals surface area contributed by atoms with Crippen LogP contribution in [-0.2, 0) is 4.79 Å². The van der Waals surface area contributed by atoms with Crippen molar-refractivity contribution in [2.24, 2.45) is 11.0 Å². The molecule has 1 aliphatic rings. The fourth-order valence-corrected chi connectivity index (χ4v) is 1.47. The van der Waals surface area contributed by atoms with Crippen molar-refractivity contribution in [2.75, 3.05) is 17.6 Å². The third kappa shape index (κ3) is 3.07. The van der Waals surface area contributed by atoms with E-state index in [-0.39, 0.29) is 11.8 Å². The Balaban J connectivity index is 1.93. The number of carbonyl (C=O) groups is 1. The summed E-state index contributed by atoms with van der Waals surface area (Å²) in [7, 11) is 0. The van der Waals surface area contributed by atoms with Crippen LogP contribution in [0.2, 0.25) is 0 Å². The molecule has 88 valence electrons. The van der Waals surface area contributed by atoms with Crippen LogP contribution >= 0.6 is 0 Å². The lowest BCUT2D eigenvalue weighted by atomic mass is 10.1. The summed E-state index contributed by atoms with van der Waals surface area (Å²) in [4.78, 5) is 11.6. The molecule has 0 fully saturated rings. The zero-order valence-corrected chi connectivity index (χ0v) is 9.26. The summed E-state index contributed by atoms with van der Waals surface area (Å²) in [6.45, 7) is 0.733. The van der Waals surface area contributed by atoms with Gasteiger partial charge in [0.05, 0.1) is 11.4 Å². The number of benzene rings is 1. The normalized spacial score (nSPS) is 18.2. The number of nitrogens with zero attached hydrogens (tertiary/aromatic N) is 1. The number of hydrazone groups is 1. The first-order valence-electron chi connectivity index (χ1n) is 5.35. The molecule has 17 heavy (non-hydrogen) atoms. The number of amides is 1. The predicted octanol–water partition coefficient (Wildman–Crippen LogP) is 0.969. The van der Waals surface area contributed by atoms with Crippen LogP contribution < -0.4 is 16.5 Å². The molecule has 0 aliphatic carbocycles. The van der Waals surface area contributed by atoms with Crippen molar-refractivity contribution in [3.8, 4) is 0 Å². The van der Waals surface area contributed by atoms with Gasteiger partial charge in [-0.05, 0) is 18.2 Å². The molecule has 0 radical (unpaired) electrons. The Hall–Kier alpha value is -2.30. The largest absolute Gasteiger partial charge is 0.397 e. The highest BCUT2D eigenvalue weighted by molar-refractivity contribution is 6.01. The molecule has 0 saturated carbocycles. The smallest absolute Gasteiger partial charge is 0.248 e. The van der Waals surface area contributed by atoms with Gasteiger partial charge >= 0.3 is 0 Å². The van der Waals surface area contributed by atoms with E-state index in [0.29, 0.717) is 11.4 Å². The van der Waals surface area contributed by atoms with Gasteiger partial charge in [-0.15, -0.1) is 0 Å². The van der Waals surface area contributed by atoms with Crippen LogP contribution in [0.3, 0.4) is 0 Å². The molecule has 2 rings (SSSR count). The third-order valence-electron chi connectivity index (χ3n) is 2.40. The highest BCUT2D eigenvalue weighted by Crippen LogP contribution is 2.16. The van der Waals surface area contributed by atoms with Crippen molar-refractivity contribution in [1.29, 1.82) is 0 Å². The number of carbonyl (C=O) groups excluding carboxylic acids is 1. The van der Waals surface area contributed by atoms with Crippen LogP contribution in [0.4, 0.5) is 11.4 Å². The number of hydrogen-bond donors (Lipinski definition) is 3. The van der Waals surface area contributed by atoms with Gasteiger partial charge < -0.3 is 16.5 Å². The van der Waals surface area contributed by atoms with Gasteiger partial charge in [0.1, 0.15) is 0 Å². The number of nitrogens with one attached hydrogen (secondary N) is 2. The van der Waals surface area contributed by atoms with E-state index in [4.69, 9.17) is 5.73 Å². The van der Waals surface area contributed by atoms with Crippen molar-refractivity contribution in [3.05, 3.63) is 36.4 Å². The Kier molecular flexibility index (Phi) is 3.40. The van der Waals surface area contributed by atoms with Crippen molar-refractivity contribution >= 4 is 23.5 Å². The fourth-order valence-electron chi connectivity index (χ4n) is 1.47. The Morgan fingerprint density at radius 3 is 3.06 bits per heavy atom. The predicted molar refractivity (Wildman–Crippen MR) is 68.6 cm³/mol. The van der Waals surface area contributed by atoms with Crippen molar-refractivity contribution in [2.45, 2.75) is 0 Å². The van der Waals surface area contributed by atoms with E-state index in [2.05, 4.69) is 15.8 Å². The zero-order valence-electron chi connectivity index (χ0n) is 9.26. The minimum Gasteiger partial charge on any atom is -0.397 e. The van der Waals surface area contributed by atoms with E-state index >= 15 is 0 Å². The van der Waals surface area contributed by atoms with Gasteiger partial charge in [0.2, 0.25) is 5.91 Å². The molecule has 4 N–H and O–H groups in total. The monoisotopic (exact) mass is 230 g/mol. The summed E-state index contributed by atoms with van der Waals surface area (Å²) >= 11 is 0. The first-order chi connectivity index (χ1) is 8.25. The van der Waals surface area contributed by atoms with Crippen LogP contribution in [0, 0.1) is 5.92 Å². The second kappa shape index (κ2) is 5.16. The minimum atomic E-state index is -0.191. The molecule has 0 spiro atoms. The molecule has 1 atom stereocenters. The first kappa shape index (κ1) is 11.2. The molecule has 0 aromatic heterocycles. The summed E-state index contributed by atoms with van der Waals surface area (Å²) < 4.78 is 0. The molecule has 1 aromatic carbocycles. The van der Waals surface area contributed by atoms with E-state index < -0.39 is 0 Å².